The van der Waals surface area contributed by atoms with Crippen molar-refractivity contribution in [1.82, 2.24) is 4.98 Å². The average Bonchev–Trinajstić information content (AvgIpc) is 2.29. The third-order valence-corrected chi connectivity index (χ3v) is 2.08. The van der Waals surface area contributed by atoms with Gasteiger partial charge in [-0.05, 0) is 12.1 Å². The van der Waals surface area contributed by atoms with Gasteiger partial charge in [0.05, 0.1) is 11.2 Å². The summed E-state index contributed by atoms with van der Waals surface area (Å²) in [7, 11) is 0. The molecule has 0 aliphatic heterocycles. The highest BCUT2D eigenvalue weighted by atomic mass is 16.4. The van der Waals surface area contributed by atoms with Gasteiger partial charge in [0.2, 0.25) is 0 Å². The van der Waals surface area contributed by atoms with Crippen LogP contribution in [0.3, 0.4) is 0 Å². The lowest BCUT2D eigenvalue weighted by molar-refractivity contribution is -0.147. The highest BCUT2D eigenvalue weighted by molar-refractivity contribution is 6.37. The molecule has 0 saturated heterocycles. The van der Waals surface area contributed by atoms with Crippen LogP contribution in [0.5, 0.6) is 0 Å². The Labute approximate surface area is 90.7 Å². The lowest BCUT2D eigenvalue weighted by Gasteiger charge is -2.05. The molecule has 1 heterocycles. The van der Waals surface area contributed by atoms with Crippen LogP contribution in [0.25, 0.3) is 10.9 Å². The van der Waals surface area contributed by atoms with Crippen LogP contribution in [-0.2, 0) is 9.59 Å². The second kappa shape index (κ2) is 3.98. The molecule has 2 N–H and O–H groups in total. The van der Waals surface area contributed by atoms with Crippen molar-refractivity contribution in [3.8, 4) is 0 Å². The van der Waals surface area contributed by atoms with Gasteiger partial charge in [-0.2, -0.15) is 0 Å². The summed E-state index contributed by atoms with van der Waals surface area (Å²) in [5, 5.41) is 11.6. The van der Waals surface area contributed by atoms with E-state index in [4.69, 9.17) is 5.11 Å². The van der Waals surface area contributed by atoms with Gasteiger partial charge in [0, 0.05) is 11.6 Å². The van der Waals surface area contributed by atoms with Crippen molar-refractivity contribution in [2.75, 3.05) is 5.32 Å². The number of fused-ring (bicyclic) bond motifs is 1. The molecule has 0 unspecified atom stereocenters. The van der Waals surface area contributed by atoms with Crippen LogP contribution < -0.4 is 5.32 Å². The molecule has 0 atom stereocenters. The van der Waals surface area contributed by atoms with Gasteiger partial charge in [0.15, 0.2) is 0 Å². The molecule has 0 aliphatic carbocycles. The Morgan fingerprint density at radius 2 is 1.94 bits per heavy atom. The van der Waals surface area contributed by atoms with Crippen molar-refractivity contribution in [2.45, 2.75) is 0 Å². The van der Waals surface area contributed by atoms with E-state index in [9.17, 15) is 9.59 Å². The van der Waals surface area contributed by atoms with Crippen LogP contribution >= 0.6 is 0 Å². The molecule has 0 radical (unpaired) electrons. The van der Waals surface area contributed by atoms with Gasteiger partial charge in [0.1, 0.15) is 0 Å². The van der Waals surface area contributed by atoms with Crippen LogP contribution in [0, 0.1) is 0 Å². The molecule has 1 aromatic carbocycles. The van der Waals surface area contributed by atoms with Gasteiger partial charge in [-0.15, -0.1) is 0 Å². The van der Waals surface area contributed by atoms with Crippen LogP contribution in [-0.4, -0.2) is 22.0 Å². The van der Waals surface area contributed by atoms with E-state index in [0.29, 0.717) is 11.2 Å². The van der Waals surface area contributed by atoms with Gasteiger partial charge in [-0.25, -0.2) is 4.79 Å². The smallest absolute Gasteiger partial charge is 0.394 e. The number of hydrogen-bond acceptors (Lipinski definition) is 3. The summed E-state index contributed by atoms with van der Waals surface area (Å²) in [6, 6.07) is 8.76. The average molecular weight is 216 g/mol. The Morgan fingerprint density at radius 1 is 1.19 bits per heavy atom. The molecule has 0 spiro atoms. The minimum absolute atomic E-state index is 0.394. The number of nitrogens with zero attached hydrogens (tertiary/aromatic N) is 1. The predicted octanol–water partition coefficient (Wildman–Crippen LogP) is 1.26. The number of aromatic nitrogens is 1. The number of carbonyl (C=O) groups is 2. The summed E-state index contributed by atoms with van der Waals surface area (Å²) >= 11 is 0. The van der Waals surface area contributed by atoms with E-state index in [-0.39, 0.29) is 0 Å². The third kappa shape index (κ3) is 1.83. The quantitative estimate of drug-likeness (QED) is 0.703. The van der Waals surface area contributed by atoms with Crippen LogP contribution in [0.4, 0.5) is 5.69 Å². The van der Waals surface area contributed by atoms with E-state index >= 15 is 0 Å². The number of amides is 1. The zero-order chi connectivity index (χ0) is 11.5. The van der Waals surface area contributed by atoms with Crippen LogP contribution in [0.2, 0.25) is 0 Å². The van der Waals surface area contributed by atoms with E-state index in [2.05, 4.69) is 10.3 Å². The number of anilines is 1. The largest absolute Gasteiger partial charge is 0.474 e. The zero-order valence-electron chi connectivity index (χ0n) is 8.18. The SMILES string of the molecule is O=C(O)C(=O)Nc1cccc2cccnc12. The van der Waals surface area contributed by atoms with Gasteiger partial charge in [-0.1, -0.05) is 18.2 Å². The van der Waals surface area contributed by atoms with E-state index in [1.807, 2.05) is 12.1 Å². The van der Waals surface area contributed by atoms with E-state index in [0.717, 1.165) is 5.39 Å². The van der Waals surface area contributed by atoms with Crippen LogP contribution in [0.1, 0.15) is 0 Å². The maximum atomic E-state index is 11.0. The maximum absolute atomic E-state index is 11.0. The number of carboxylic acid groups (broad SMARTS) is 1. The van der Waals surface area contributed by atoms with Crippen molar-refractivity contribution in [3.63, 3.8) is 0 Å². The number of carboxylic acids is 1. The fourth-order valence-corrected chi connectivity index (χ4v) is 1.38. The molecule has 0 aliphatic rings. The highest BCUT2D eigenvalue weighted by Crippen LogP contribution is 2.20. The lowest BCUT2D eigenvalue weighted by atomic mass is 10.2. The first-order valence-corrected chi connectivity index (χ1v) is 4.56. The van der Waals surface area contributed by atoms with Crippen LogP contribution in [0.15, 0.2) is 36.5 Å². The van der Waals surface area contributed by atoms with Gasteiger partial charge in [-0.3, -0.25) is 9.78 Å². The normalized spacial score (nSPS) is 10.0. The molecular weight excluding hydrogens is 208 g/mol. The fraction of sp³-hybridized carbons (Fsp3) is 0. The van der Waals surface area contributed by atoms with E-state index in [1.54, 1.807) is 24.4 Å². The molecule has 5 nitrogen and oxygen atoms in total. The Bertz CT molecular complexity index is 561. The first-order chi connectivity index (χ1) is 7.68. The summed E-state index contributed by atoms with van der Waals surface area (Å²) in [5.41, 5.74) is 0.963. The van der Waals surface area contributed by atoms with Crippen molar-refractivity contribution in [1.29, 1.82) is 0 Å². The third-order valence-electron chi connectivity index (χ3n) is 2.08. The molecule has 16 heavy (non-hydrogen) atoms. The number of aliphatic carboxylic acids is 1. The first-order valence-electron chi connectivity index (χ1n) is 4.56. The molecule has 0 bridgehead atoms. The number of nitrogens with one attached hydrogen (secondary N) is 1. The number of carbonyl (C=O) groups excluding carboxylic acids is 1. The van der Waals surface area contributed by atoms with Crippen molar-refractivity contribution in [2.24, 2.45) is 0 Å². The highest BCUT2D eigenvalue weighted by Gasteiger charge is 2.12. The molecule has 2 aromatic rings. The summed E-state index contributed by atoms with van der Waals surface area (Å²) in [6.07, 6.45) is 1.58. The van der Waals surface area contributed by atoms with Gasteiger partial charge < -0.3 is 10.4 Å². The topological polar surface area (TPSA) is 79.3 Å². The number of benzene rings is 1. The second-order valence-electron chi connectivity index (χ2n) is 3.14. The Balaban J connectivity index is 2.45. The monoisotopic (exact) mass is 216 g/mol. The molecule has 0 saturated carbocycles. The van der Waals surface area contributed by atoms with E-state index < -0.39 is 11.9 Å². The summed E-state index contributed by atoms with van der Waals surface area (Å²) < 4.78 is 0. The number of hydrogen-bond donors (Lipinski definition) is 2. The second-order valence-corrected chi connectivity index (χ2v) is 3.14. The van der Waals surface area contributed by atoms with Crippen molar-refractivity contribution >= 4 is 28.5 Å². The Morgan fingerprint density at radius 3 is 2.69 bits per heavy atom. The zero-order valence-corrected chi connectivity index (χ0v) is 8.18. The number of rotatable bonds is 1. The molecule has 5 heteroatoms. The molecule has 2 rings (SSSR count). The molecular formula is C11H8N2O3. The predicted molar refractivity (Wildman–Crippen MR) is 58.0 cm³/mol. The Hall–Kier alpha value is -2.43. The molecule has 1 aromatic heterocycles. The van der Waals surface area contributed by atoms with E-state index in [1.165, 1.54) is 0 Å². The minimum atomic E-state index is -1.52. The molecule has 80 valence electrons. The first kappa shape index (κ1) is 10.1. The summed E-state index contributed by atoms with van der Waals surface area (Å²) in [4.78, 5) is 25.5. The number of para-hydroxylation sites is 1. The maximum Gasteiger partial charge on any atom is 0.394 e. The molecule has 1 amide bonds. The van der Waals surface area contributed by atoms with Crippen molar-refractivity contribution in [3.05, 3.63) is 36.5 Å². The summed E-state index contributed by atoms with van der Waals surface area (Å²) in [6.45, 7) is 0. The fourth-order valence-electron chi connectivity index (χ4n) is 1.38. The Kier molecular flexibility index (Phi) is 2.51. The van der Waals surface area contributed by atoms with Gasteiger partial charge >= 0.3 is 11.9 Å². The van der Waals surface area contributed by atoms with Crippen molar-refractivity contribution < 1.29 is 14.7 Å². The minimum Gasteiger partial charge on any atom is -0.474 e. The summed E-state index contributed by atoms with van der Waals surface area (Å²) in [5.74, 6) is -2.59. The lowest BCUT2D eigenvalue weighted by Crippen LogP contribution is -2.21. The standard InChI is InChI=1S/C11H8N2O3/c14-10(11(15)16)13-8-5-1-3-7-4-2-6-12-9(7)8/h1-6H,(H,13,14)(H,15,16). The van der Waals surface area contributed by atoms with Gasteiger partial charge in [0.25, 0.3) is 0 Å². The molecule has 0 fully saturated rings. The number of pyridine rings is 1.